The van der Waals surface area contributed by atoms with Gasteiger partial charge in [-0.2, -0.15) is 18.3 Å². The largest absolute Gasteiger partial charge is 0.391 e. The second-order valence-corrected chi connectivity index (χ2v) is 4.31. The fourth-order valence-corrected chi connectivity index (χ4v) is 2.05. The standard InChI is InChI=1S/C10H13F3N4O/c11-10(12,13)6-1-3-17(4-2-6)9(18)7-5-15-16-8(7)14/h5-6H,1-4H2,(H3,14,15,16). The molecule has 0 atom stereocenters. The van der Waals surface area contributed by atoms with E-state index in [0.29, 0.717) is 0 Å². The van der Waals surface area contributed by atoms with Crippen molar-refractivity contribution in [2.75, 3.05) is 18.8 Å². The predicted octanol–water partition coefficient (Wildman–Crippen LogP) is 1.41. The first kappa shape index (κ1) is 12.7. The molecule has 1 fully saturated rings. The van der Waals surface area contributed by atoms with Gasteiger partial charge in [-0.05, 0) is 12.8 Å². The van der Waals surface area contributed by atoms with Crippen LogP contribution in [0.5, 0.6) is 0 Å². The Bertz CT molecular complexity index is 435. The average Bonchev–Trinajstić information content (AvgIpc) is 2.73. The SMILES string of the molecule is Nc1[nH]ncc1C(=O)N1CCC(C(F)(F)F)CC1. The number of amides is 1. The molecular formula is C10H13F3N4O. The Hall–Kier alpha value is -1.73. The molecule has 0 aromatic carbocycles. The highest BCUT2D eigenvalue weighted by molar-refractivity contribution is 5.98. The lowest BCUT2D eigenvalue weighted by Gasteiger charge is -2.32. The Balaban J connectivity index is 1.99. The van der Waals surface area contributed by atoms with Gasteiger partial charge in [-0.25, -0.2) is 0 Å². The molecule has 8 heteroatoms. The molecule has 0 saturated carbocycles. The maximum Gasteiger partial charge on any atom is 0.391 e. The van der Waals surface area contributed by atoms with Gasteiger partial charge in [0.2, 0.25) is 0 Å². The Labute approximate surface area is 101 Å². The second kappa shape index (κ2) is 4.51. The summed E-state index contributed by atoms with van der Waals surface area (Å²) < 4.78 is 37.4. The number of nitrogen functional groups attached to an aromatic ring is 1. The smallest absolute Gasteiger partial charge is 0.383 e. The number of hydrogen-bond donors (Lipinski definition) is 2. The van der Waals surface area contributed by atoms with Crippen LogP contribution >= 0.6 is 0 Å². The average molecular weight is 262 g/mol. The third-order valence-corrected chi connectivity index (χ3v) is 3.14. The van der Waals surface area contributed by atoms with Crippen molar-refractivity contribution < 1.29 is 18.0 Å². The van der Waals surface area contributed by atoms with Crippen LogP contribution in [0.2, 0.25) is 0 Å². The van der Waals surface area contributed by atoms with Crippen molar-refractivity contribution in [3.05, 3.63) is 11.8 Å². The number of halogens is 3. The molecule has 2 rings (SSSR count). The number of aromatic nitrogens is 2. The van der Waals surface area contributed by atoms with Gasteiger partial charge in [0.1, 0.15) is 11.4 Å². The van der Waals surface area contributed by atoms with Gasteiger partial charge in [-0.3, -0.25) is 9.89 Å². The molecule has 1 aliphatic heterocycles. The molecule has 5 nitrogen and oxygen atoms in total. The summed E-state index contributed by atoms with van der Waals surface area (Å²) in [6.07, 6.45) is -3.02. The molecule has 0 bridgehead atoms. The van der Waals surface area contributed by atoms with Gasteiger partial charge in [0.15, 0.2) is 0 Å². The van der Waals surface area contributed by atoms with Crippen molar-refractivity contribution in [3.8, 4) is 0 Å². The zero-order valence-corrected chi connectivity index (χ0v) is 9.50. The van der Waals surface area contributed by atoms with Gasteiger partial charge in [0, 0.05) is 13.1 Å². The highest BCUT2D eigenvalue weighted by atomic mass is 19.4. The van der Waals surface area contributed by atoms with Gasteiger partial charge in [-0.15, -0.1) is 0 Å². The van der Waals surface area contributed by atoms with Crippen LogP contribution < -0.4 is 5.73 Å². The zero-order chi connectivity index (χ0) is 13.3. The number of carbonyl (C=O) groups is 1. The van der Waals surface area contributed by atoms with E-state index in [-0.39, 0.29) is 43.2 Å². The van der Waals surface area contributed by atoms with Crippen LogP contribution in [0.1, 0.15) is 23.2 Å². The molecule has 1 aromatic heterocycles. The van der Waals surface area contributed by atoms with E-state index in [9.17, 15) is 18.0 Å². The number of H-pyrrole nitrogens is 1. The number of rotatable bonds is 1. The molecule has 0 spiro atoms. The molecular weight excluding hydrogens is 249 g/mol. The zero-order valence-electron chi connectivity index (χ0n) is 9.50. The Morgan fingerprint density at radius 2 is 2.06 bits per heavy atom. The van der Waals surface area contributed by atoms with Crippen molar-refractivity contribution in [1.29, 1.82) is 0 Å². The first-order valence-corrected chi connectivity index (χ1v) is 5.54. The minimum Gasteiger partial charge on any atom is -0.383 e. The summed E-state index contributed by atoms with van der Waals surface area (Å²) in [7, 11) is 0. The summed E-state index contributed by atoms with van der Waals surface area (Å²) >= 11 is 0. The number of piperidine rings is 1. The Kier molecular flexibility index (Phi) is 3.18. The topological polar surface area (TPSA) is 75.0 Å². The minimum absolute atomic E-state index is 0.0625. The van der Waals surface area contributed by atoms with Crippen molar-refractivity contribution in [3.63, 3.8) is 0 Å². The summed E-state index contributed by atoms with van der Waals surface area (Å²) in [5, 5.41) is 6.04. The number of nitrogens with one attached hydrogen (secondary N) is 1. The van der Waals surface area contributed by atoms with Gasteiger partial charge in [-0.1, -0.05) is 0 Å². The molecule has 0 radical (unpaired) electrons. The third kappa shape index (κ3) is 2.41. The number of aromatic amines is 1. The lowest BCUT2D eigenvalue weighted by Crippen LogP contribution is -2.42. The molecule has 1 aliphatic rings. The summed E-state index contributed by atoms with van der Waals surface area (Å²) in [5.41, 5.74) is 5.71. The van der Waals surface area contributed by atoms with Crippen LogP contribution in [0.4, 0.5) is 19.0 Å². The number of hydrogen-bond acceptors (Lipinski definition) is 3. The molecule has 0 unspecified atom stereocenters. The van der Waals surface area contributed by atoms with E-state index in [1.807, 2.05) is 0 Å². The number of nitrogens with zero attached hydrogens (tertiary/aromatic N) is 2. The van der Waals surface area contributed by atoms with E-state index >= 15 is 0 Å². The quantitative estimate of drug-likeness (QED) is 0.803. The lowest BCUT2D eigenvalue weighted by molar-refractivity contribution is -0.183. The molecule has 0 aliphatic carbocycles. The van der Waals surface area contributed by atoms with Crippen molar-refractivity contribution in [2.45, 2.75) is 19.0 Å². The van der Waals surface area contributed by atoms with Crippen molar-refractivity contribution >= 4 is 11.7 Å². The van der Waals surface area contributed by atoms with Crippen LogP contribution in [0, 0.1) is 5.92 Å². The van der Waals surface area contributed by atoms with Gasteiger partial charge >= 0.3 is 6.18 Å². The molecule has 2 heterocycles. The van der Waals surface area contributed by atoms with Crippen molar-refractivity contribution in [2.24, 2.45) is 5.92 Å². The Morgan fingerprint density at radius 1 is 1.44 bits per heavy atom. The van der Waals surface area contributed by atoms with Gasteiger partial charge in [0.05, 0.1) is 12.1 Å². The van der Waals surface area contributed by atoms with Crippen LogP contribution in [0.25, 0.3) is 0 Å². The monoisotopic (exact) mass is 262 g/mol. The van der Waals surface area contributed by atoms with Gasteiger partial charge < -0.3 is 10.6 Å². The van der Waals surface area contributed by atoms with Crippen LogP contribution in [-0.2, 0) is 0 Å². The number of alkyl halides is 3. The van der Waals surface area contributed by atoms with E-state index in [1.54, 1.807) is 0 Å². The van der Waals surface area contributed by atoms with E-state index in [4.69, 9.17) is 5.73 Å². The van der Waals surface area contributed by atoms with Gasteiger partial charge in [0.25, 0.3) is 5.91 Å². The summed E-state index contributed by atoms with van der Waals surface area (Å²) in [6, 6.07) is 0. The molecule has 100 valence electrons. The molecule has 18 heavy (non-hydrogen) atoms. The normalized spacial score (nSPS) is 18.1. The first-order valence-electron chi connectivity index (χ1n) is 5.54. The van der Waals surface area contributed by atoms with E-state index in [1.165, 1.54) is 11.1 Å². The molecule has 1 aromatic rings. The van der Waals surface area contributed by atoms with E-state index in [0.717, 1.165) is 0 Å². The number of nitrogens with two attached hydrogens (primary N) is 1. The molecule has 1 saturated heterocycles. The molecule has 1 amide bonds. The first-order chi connectivity index (χ1) is 8.39. The Morgan fingerprint density at radius 3 is 2.50 bits per heavy atom. The fraction of sp³-hybridized carbons (Fsp3) is 0.600. The minimum atomic E-state index is -4.18. The van der Waals surface area contributed by atoms with Crippen LogP contribution in [0.15, 0.2) is 6.20 Å². The maximum absolute atomic E-state index is 12.5. The van der Waals surface area contributed by atoms with Crippen LogP contribution in [-0.4, -0.2) is 40.3 Å². The summed E-state index contributed by atoms with van der Waals surface area (Å²) in [6.45, 7) is 0.182. The highest BCUT2D eigenvalue weighted by Crippen LogP contribution is 2.34. The molecule has 3 N–H and O–H groups in total. The van der Waals surface area contributed by atoms with E-state index in [2.05, 4.69) is 10.2 Å². The fourth-order valence-electron chi connectivity index (χ4n) is 2.05. The second-order valence-electron chi connectivity index (χ2n) is 4.31. The number of likely N-dealkylation sites (tertiary alicyclic amines) is 1. The summed E-state index contributed by atoms with van der Waals surface area (Å²) in [4.78, 5) is 13.3. The lowest BCUT2D eigenvalue weighted by atomic mass is 9.96. The van der Waals surface area contributed by atoms with E-state index < -0.39 is 12.1 Å². The summed E-state index contributed by atoms with van der Waals surface area (Å²) in [5.74, 6) is -1.55. The predicted molar refractivity (Wildman–Crippen MR) is 57.7 cm³/mol. The number of anilines is 1. The highest BCUT2D eigenvalue weighted by Gasteiger charge is 2.41. The van der Waals surface area contributed by atoms with Crippen LogP contribution in [0.3, 0.4) is 0 Å². The van der Waals surface area contributed by atoms with Crippen molar-refractivity contribution in [1.82, 2.24) is 15.1 Å². The third-order valence-electron chi connectivity index (χ3n) is 3.14. The maximum atomic E-state index is 12.5. The number of carbonyl (C=O) groups excluding carboxylic acids is 1.